The summed E-state index contributed by atoms with van der Waals surface area (Å²) in [6.07, 6.45) is 7.50. The first kappa shape index (κ1) is 13.3. The largest absolute Gasteiger partial charge is 0.474 e. The number of nitriles is 1. The molecule has 0 saturated heterocycles. The Balaban J connectivity index is 1.45. The molecular weight excluding hydrogens is 280 g/mol. The van der Waals surface area contributed by atoms with E-state index in [0.717, 1.165) is 24.8 Å². The van der Waals surface area contributed by atoms with E-state index in [0.29, 0.717) is 23.7 Å². The van der Waals surface area contributed by atoms with Crippen molar-refractivity contribution in [1.82, 2.24) is 15.1 Å². The first-order valence-electron chi connectivity index (χ1n) is 7.70. The van der Waals surface area contributed by atoms with Crippen LogP contribution in [0.15, 0.2) is 22.9 Å². The van der Waals surface area contributed by atoms with Crippen molar-refractivity contribution < 1.29 is 9.26 Å². The van der Waals surface area contributed by atoms with Crippen molar-refractivity contribution in [3.8, 4) is 23.3 Å². The zero-order chi connectivity index (χ0) is 14.9. The quantitative estimate of drug-likeness (QED) is 0.862. The van der Waals surface area contributed by atoms with E-state index in [1.54, 1.807) is 6.20 Å². The van der Waals surface area contributed by atoms with Gasteiger partial charge in [0.25, 0.3) is 0 Å². The summed E-state index contributed by atoms with van der Waals surface area (Å²) in [5, 5.41) is 12.8. The molecule has 0 spiro atoms. The molecule has 0 amide bonds. The topological polar surface area (TPSA) is 84.8 Å². The molecule has 2 aromatic heterocycles. The summed E-state index contributed by atoms with van der Waals surface area (Å²) in [6, 6.07) is 5.96. The molecule has 0 aliphatic heterocycles. The minimum Gasteiger partial charge on any atom is -0.474 e. The Morgan fingerprint density at radius 1 is 1.27 bits per heavy atom. The molecule has 112 valence electrons. The normalized spacial score (nSPS) is 24.1. The number of hydrogen-bond donors (Lipinski definition) is 0. The van der Waals surface area contributed by atoms with Gasteiger partial charge in [-0.1, -0.05) is 5.16 Å². The second-order valence-corrected chi connectivity index (χ2v) is 5.94. The third kappa shape index (κ3) is 2.54. The van der Waals surface area contributed by atoms with Crippen LogP contribution >= 0.6 is 0 Å². The van der Waals surface area contributed by atoms with E-state index in [9.17, 15) is 0 Å². The number of ether oxygens (including phenoxy) is 1. The van der Waals surface area contributed by atoms with Gasteiger partial charge in [-0.2, -0.15) is 10.2 Å². The van der Waals surface area contributed by atoms with Gasteiger partial charge in [0, 0.05) is 17.8 Å². The van der Waals surface area contributed by atoms with Gasteiger partial charge in [-0.25, -0.2) is 4.98 Å². The van der Waals surface area contributed by atoms with Crippen molar-refractivity contribution in [2.75, 3.05) is 0 Å². The maximum Gasteiger partial charge on any atom is 0.231 e. The van der Waals surface area contributed by atoms with E-state index in [1.807, 2.05) is 12.1 Å². The Hall–Kier alpha value is -2.42. The molecule has 2 aliphatic carbocycles. The highest BCUT2D eigenvalue weighted by atomic mass is 16.5. The molecule has 2 saturated carbocycles. The highest BCUT2D eigenvalue weighted by molar-refractivity contribution is 5.53. The van der Waals surface area contributed by atoms with E-state index in [1.165, 1.54) is 12.8 Å². The van der Waals surface area contributed by atoms with Gasteiger partial charge in [0.05, 0.1) is 17.9 Å². The van der Waals surface area contributed by atoms with Crippen LogP contribution in [0.1, 0.15) is 43.9 Å². The fraction of sp³-hybridized carbons (Fsp3) is 0.500. The van der Waals surface area contributed by atoms with Crippen molar-refractivity contribution in [3.63, 3.8) is 0 Å². The monoisotopic (exact) mass is 296 g/mol. The summed E-state index contributed by atoms with van der Waals surface area (Å²) >= 11 is 0. The lowest BCUT2D eigenvalue weighted by Crippen LogP contribution is -2.11. The van der Waals surface area contributed by atoms with Crippen LogP contribution in [0.5, 0.6) is 5.88 Å². The molecule has 0 N–H and O–H groups in total. The lowest BCUT2D eigenvalue weighted by molar-refractivity contribution is 0.201. The van der Waals surface area contributed by atoms with Gasteiger partial charge in [-0.15, -0.1) is 0 Å². The Morgan fingerprint density at radius 3 is 2.82 bits per heavy atom. The maximum absolute atomic E-state index is 8.85. The zero-order valence-corrected chi connectivity index (χ0v) is 12.1. The summed E-state index contributed by atoms with van der Waals surface area (Å²) < 4.78 is 11.1. The number of pyridine rings is 1. The van der Waals surface area contributed by atoms with Crippen LogP contribution in [0, 0.1) is 17.2 Å². The molecule has 2 atom stereocenters. The number of rotatable bonds is 4. The standard InChI is InChI=1S/C16H16N4O2/c17-8-11-7-13(11)16-19-15(20-22-16)10-5-6-14(18-9-10)21-12-3-1-2-4-12/h5-6,9,11-13H,1-4,7H2/t11-,13+/m0/s1. The van der Waals surface area contributed by atoms with Crippen molar-refractivity contribution in [2.24, 2.45) is 5.92 Å². The summed E-state index contributed by atoms with van der Waals surface area (Å²) in [7, 11) is 0. The third-order valence-electron chi connectivity index (χ3n) is 4.30. The number of aromatic nitrogens is 3. The summed E-state index contributed by atoms with van der Waals surface area (Å²) in [5.41, 5.74) is 0.794. The fourth-order valence-electron chi connectivity index (χ4n) is 2.87. The molecular formula is C16H16N4O2. The van der Waals surface area contributed by atoms with E-state index in [2.05, 4.69) is 21.2 Å². The van der Waals surface area contributed by atoms with Gasteiger partial charge in [0.15, 0.2) is 0 Å². The summed E-state index contributed by atoms with van der Waals surface area (Å²) in [4.78, 5) is 8.69. The molecule has 2 heterocycles. The van der Waals surface area contributed by atoms with Gasteiger partial charge in [0.1, 0.15) is 6.10 Å². The highest BCUT2D eigenvalue weighted by Crippen LogP contribution is 2.46. The third-order valence-corrected chi connectivity index (χ3v) is 4.30. The van der Waals surface area contributed by atoms with Crippen molar-refractivity contribution in [1.29, 1.82) is 5.26 Å². The molecule has 4 rings (SSSR count). The van der Waals surface area contributed by atoms with E-state index in [4.69, 9.17) is 14.5 Å². The molecule has 0 bridgehead atoms. The van der Waals surface area contributed by atoms with Crippen molar-refractivity contribution in [2.45, 2.75) is 44.1 Å². The summed E-state index contributed by atoms with van der Waals surface area (Å²) in [5.74, 6) is 1.83. The zero-order valence-electron chi connectivity index (χ0n) is 12.1. The predicted molar refractivity (Wildman–Crippen MR) is 76.9 cm³/mol. The van der Waals surface area contributed by atoms with Gasteiger partial charge in [0.2, 0.25) is 17.6 Å². The van der Waals surface area contributed by atoms with Crippen molar-refractivity contribution in [3.05, 3.63) is 24.2 Å². The highest BCUT2D eigenvalue weighted by Gasteiger charge is 2.43. The van der Waals surface area contributed by atoms with E-state index >= 15 is 0 Å². The van der Waals surface area contributed by atoms with Crippen LogP contribution in [0.4, 0.5) is 0 Å². The molecule has 6 nitrogen and oxygen atoms in total. The molecule has 22 heavy (non-hydrogen) atoms. The average molecular weight is 296 g/mol. The van der Waals surface area contributed by atoms with Gasteiger partial charge in [-0.3, -0.25) is 0 Å². The van der Waals surface area contributed by atoms with E-state index < -0.39 is 0 Å². The molecule has 2 aliphatic rings. The smallest absolute Gasteiger partial charge is 0.231 e. The van der Waals surface area contributed by atoms with Crippen LogP contribution in [-0.2, 0) is 0 Å². The Bertz CT molecular complexity index is 698. The molecule has 6 heteroatoms. The van der Waals surface area contributed by atoms with Crippen LogP contribution in [0.3, 0.4) is 0 Å². The SMILES string of the molecule is N#C[C@@H]1C[C@H]1c1nc(-c2ccc(OC3CCCC3)nc2)no1. The Labute approximate surface area is 128 Å². The maximum atomic E-state index is 8.85. The van der Waals surface area contributed by atoms with Crippen LogP contribution < -0.4 is 4.74 Å². The minimum atomic E-state index is 0.0219. The van der Waals surface area contributed by atoms with Crippen LogP contribution in [0.2, 0.25) is 0 Å². The molecule has 2 aromatic rings. The Kier molecular flexibility index (Phi) is 3.26. The van der Waals surface area contributed by atoms with Crippen molar-refractivity contribution >= 4 is 0 Å². The molecule has 0 aromatic carbocycles. The fourth-order valence-corrected chi connectivity index (χ4v) is 2.87. The lowest BCUT2D eigenvalue weighted by Gasteiger charge is -2.11. The van der Waals surface area contributed by atoms with Crippen LogP contribution in [-0.4, -0.2) is 21.2 Å². The Morgan fingerprint density at radius 2 is 2.14 bits per heavy atom. The molecule has 0 radical (unpaired) electrons. The number of hydrogen-bond acceptors (Lipinski definition) is 6. The van der Waals surface area contributed by atoms with Gasteiger partial charge in [-0.05, 0) is 38.2 Å². The molecule has 0 unspecified atom stereocenters. The van der Waals surface area contributed by atoms with E-state index in [-0.39, 0.29) is 11.8 Å². The minimum absolute atomic E-state index is 0.0219. The lowest BCUT2D eigenvalue weighted by atomic mass is 10.2. The molecule has 2 fully saturated rings. The van der Waals surface area contributed by atoms with Gasteiger partial charge >= 0.3 is 0 Å². The first-order chi connectivity index (χ1) is 10.8. The first-order valence-corrected chi connectivity index (χ1v) is 7.70. The number of nitrogens with zero attached hydrogens (tertiary/aromatic N) is 4. The summed E-state index contributed by atoms with van der Waals surface area (Å²) in [6.45, 7) is 0. The predicted octanol–water partition coefficient (Wildman–Crippen LogP) is 3.08. The second kappa shape index (κ2) is 5.41. The van der Waals surface area contributed by atoms with Crippen LogP contribution in [0.25, 0.3) is 11.4 Å². The second-order valence-electron chi connectivity index (χ2n) is 5.94. The average Bonchev–Trinajstić information content (AvgIpc) is 2.94. The van der Waals surface area contributed by atoms with Gasteiger partial charge < -0.3 is 9.26 Å².